The first-order chi connectivity index (χ1) is 7.66. The predicted octanol–water partition coefficient (Wildman–Crippen LogP) is 5.23. The van der Waals surface area contributed by atoms with Gasteiger partial charge < -0.3 is 0 Å². The number of halogens is 2. The van der Waals surface area contributed by atoms with Gasteiger partial charge in [0, 0.05) is 9.90 Å². The monoisotopic (exact) mass is 270 g/mol. The quantitative estimate of drug-likeness (QED) is 0.670. The van der Waals surface area contributed by atoms with E-state index in [1.807, 2.05) is 18.2 Å². The highest BCUT2D eigenvalue weighted by Gasteiger charge is 2.12. The Labute approximate surface area is 110 Å². The van der Waals surface area contributed by atoms with Gasteiger partial charge in [-0.05, 0) is 48.1 Å². The lowest BCUT2D eigenvalue weighted by Gasteiger charge is -2.09. The molecule has 3 heteroatoms. The normalized spacial score (nSPS) is 12.7. The van der Waals surface area contributed by atoms with Crippen molar-refractivity contribution in [2.45, 2.75) is 18.7 Å². The summed E-state index contributed by atoms with van der Waals surface area (Å²) in [4.78, 5) is 1.25. The summed E-state index contributed by atoms with van der Waals surface area (Å²) in [6.07, 6.45) is 0.823. The maximum Gasteiger partial charge on any atom is 0.0721 e. The second-order valence-corrected chi connectivity index (χ2v) is 5.68. The van der Waals surface area contributed by atoms with Gasteiger partial charge in [0.1, 0.15) is 0 Å². The number of benzene rings is 1. The molecule has 2 rings (SSSR count). The third kappa shape index (κ3) is 2.79. The zero-order chi connectivity index (χ0) is 11.5. The van der Waals surface area contributed by atoms with Crippen molar-refractivity contribution in [2.75, 3.05) is 0 Å². The summed E-state index contributed by atoms with van der Waals surface area (Å²) >= 11 is 14.1. The van der Waals surface area contributed by atoms with Gasteiger partial charge >= 0.3 is 0 Å². The number of aryl methyl sites for hydroxylation is 1. The van der Waals surface area contributed by atoms with E-state index in [2.05, 4.69) is 24.4 Å². The largest absolute Gasteiger partial charge is 0.147 e. The van der Waals surface area contributed by atoms with Crippen LogP contribution in [0.1, 0.15) is 21.4 Å². The molecule has 0 fully saturated rings. The molecule has 1 atom stereocenters. The van der Waals surface area contributed by atoms with Crippen LogP contribution in [0.15, 0.2) is 35.7 Å². The van der Waals surface area contributed by atoms with Crippen molar-refractivity contribution in [3.8, 4) is 0 Å². The molecule has 2 aromatic rings. The highest BCUT2D eigenvalue weighted by molar-refractivity contribution is 7.10. The van der Waals surface area contributed by atoms with E-state index in [1.54, 1.807) is 11.3 Å². The van der Waals surface area contributed by atoms with Crippen molar-refractivity contribution >= 4 is 34.5 Å². The SMILES string of the molecule is Cc1ccsc1C(Cl)Cc1cccc(Cl)c1. The van der Waals surface area contributed by atoms with E-state index in [-0.39, 0.29) is 5.38 Å². The van der Waals surface area contributed by atoms with Gasteiger partial charge in [0.05, 0.1) is 5.38 Å². The number of thiophene rings is 1. The number of hydrogen-bond donors (Lipinski definition) is 0. The molecule has 1 aromatic carbocycles. The number of rotatable bonds is 3. The van der Waals surface area contributed by atoms with Crippen LogP contribution in [0.25, 0.3) is 0 Å². The van der Waals surface area contributed by atoms with Crippen LogP contribution in [-0.2, 0) is 6.42 Å². The van der Waals surface area contributed by atoms with Crippen LogP contribution in [0.3, 0.4) is 0 Å². The molecular weight excluding hydrogens is 259 g/mol. The predicted molar refractivity (Wildman–Crippen MR) is 72.8 cm³/mol. The Bertz CT molecular complexity index is 476. The molecule has 1 heterocycles. The van der Waals surface area contributed by atoms with Crippen molar-refractivity contribution in [2.24, 2.45) is 0 Å². The zero-order valence-electron chi connectivity index (χ0n) is 8.91. The van der Waals surface area contributed by atoms with Crippen LogP contribution in [0.4, 0.5) is 0 Å². The molecule has 0 spiro atoms. The van der Waals surface area contributed by atoms with Gasteiger partial charge in [0.25, 0.3) is 0 Å². The van der Waals surface area contributed by atoms with Crippen molar-refractivity contribution in [1.29, 1.82) is 0 Å². The van der Waals surface area contributed by atoms with E-state index in [4.69, 9.17) is 23.2 Å². The summed E-state index contributed by atoms with van der Waals surface area (Å²) in [6.45, 7) is 2.10. The Morgan fingerprint density at radius 2 is 2.12 bits per heavy atom. The minimum Gasteiger partial charge on any atom is -0.147 e. The molecule has 0 radical (unpaired) electrons. The van der Waals surface area contributed by atoms with Gasteiger partial charge in [0.2, 0.25) is 0 Å². The maximum atomic E-state index is 6.41. The van der Waals surface area contributed by atoms with Crippen LogP contribution in [-0.4, -0.2) is 0 Å². The fourth-order valence-corrected chi connectivity index (χ4v) is 3.29. The summed E-state index contributed by atoms with van der Waals surface area (Å²) in [7, 11) is 0. The Balaban J connectivity index is 2.14. The van der Waals surface area contributed by atoms with E-state index >= 15 is 0 Å². The van der Waals surface area contributed by atoms with Crippen molar-refractivity contribution in [1.82, 2.24) is 0 Å². The summed E-state index contributed by atoms with van der Waals surface area (Å²) in [5.74, 6) is 0. The molecule has 0 saturated heterocycles. The van der Waals surface area contributed by atoms with Gasteiger partial charge in [-0.25, -0.2) is 0 Å². The average Bonchev–Trinajstić information content (AvgIpc) is 2.64. The van der Waals surface area contributed by atoms with E-state index in [9.17, 15) is 0 Å². The third-order valence-corrected chi connectivity index (χ3v) is 4.36. The summed E-state index contributed by atoms with van der Waals surface area (Å²) in [5, 5.41) is 2.89. The molecule has 0 amide bonds. The van der Waals surface area contributed by atoms with Gasteiger partial charge in [0.15, 0.2) is 0 Å². The highest BCUT2D eigenvalue weighted by atomic mass is 35.5. The van der Waals surface area contributed by atoms with Crippen molar-refractivity contribution < 1.29 is 0 Å². The first-order valence-corrected chi connectivity index (χ1v) is 6.78. The molecule has 0 nitrogen and oxygen atoms in total. The molecule has 1 aromatic heterocycles. The van der Waals surface area contributed by atoms with Gasteiger partial charge in [-0.2, -0.15) is 0 Å². The number of hydrogen-bond acceptors (Lipinski definition) is 1. The first kappa shape index (κ1) is 12.0. The summed E-state index contributed by atoms with van der Waals surface area (Å²) < 4.78 is 0. The summed E-state index contributed by atoms with van der Waals surface area (Å²) in [6, 6.07) is 9.98. The van der Waals surface area contributed by atoms with Crippen LogP contribution in [0.5, 0.6) is 0 Å². The Morgan fingerprint density at radius 1 is 1.31 bits per heavy atom. The highest BCUT2D eigenvalue weighted by Crippen LogP contribution is 2.32. The maximum absolute atomic E-state index is 6.41. The third-order valence-electron chi connectivity index (χ3n) is 2.49. The molecule has 0 aliphatic rings. The fourth-order valence-electron chi connectivity index (χ4n) is 1.67. The molecule has 0 aliphatic carbocycles. The molecule has 0 saturated carbocycles. The Morgan fingerprint density at radius 3 is 2.75 bits per heavy atom. The van der Waals surface area contributed by atoms with Crippen LogP contribution in [0.2, 0.25) is 5.02 Å². The van der Waals surface area contributed by atoms with E-state index in [0.717, 1.165) is 11.4 Å². The van der Waals surface area contributed by atoms with Crippen LogP contribution < -0.4 is 0 Å². The smallest absolute Gasteiger partial charge is 0.0721 e. The lowest BCUT2D eigenvalue weighted by Crippen LogP contribution is -1.94. The minimum atomic E-state index is 0.0402. The second kappa shape index (κ2) is 5.22. The first-order valence-electron chi connectivity index (χ1n) is 5.09. The average molecular weight is 271 g/mol. The summed E-state index contributed by atoms with van der Waals surface area (Å²) in [5.41, 5.74) is 2.45. The van der Waals surface area contributed by atoms with E-state index in [0.29, 0.717) is 0 Å². The van der Waals surface area contributed by atoms with Crippen LogP contribution in [0, 0.1) is 6.92 Å². The lowest BCUT2D eigenvalue weighted by atomic mass is 10.1. The fraction of sp³-hybridized carbons (Fsp3) is 0.231. The molecule has 0 N–H and O–H groups in total. The lowest BCUT2D eigenvalue weighted by molar-refractivity contribution is 0.932. The standard InChI is InChI=1S/C13H12Cl2S/c1-9-5-6-16-13(9)12(15)8-10-3-2-4-11(14)7-10/h2-7,12H,8H2,1H3. The van der Waals surface area contributed by atoms with E-state index in [1.165, 1.54) is 16.0 Å². The molecular formula is C13H12Cl2S. The zero-order valence-corrected chi connectivity index (χ0v) is 11.2. The van der Waals surface area contributed by atoms with Crippen molar-refractivity contribution in [3.63, 3.8) is 0 Å². The molecule has 0 aliphatic heterocycles. The minimum absolute atomic E-state index is 0.0402. The molecule has 84 valence electrons. The van der Waals surface area contributed by atoms with Gasteiger partial charge in [-0.1, -0.05) is 23.7 Å². The van der Waals surface area contributed by atoms with E-state index < -0.39 is 0 Å². The number of alkyl halides is 1. The van der Waals surface area contributed by atoms with Gasteiger partial charge in [-0.15, -0.1) is 22.9 Å². The molecule has 1 unspecified atom stereocenters. The topological polar surface area (TPSA) is 0 Å². The molecule has 16 heavy (non-hydrogen) atoms. The molecule has 0 bridgehead atoms. The van der Waals surface area contributed by atoms with Crippen molar-refractivity contribution in [3.05, 3.63) is 56.7 Å². The second-order valence-electron chi connectivity index (χ2n) is 3.77. The Kier molecular flexibility index (Phi) is 3.91. The van der Waals surface area contributed by atoms with Crippen LogP contribution >= 0.6 is 34.5 Å². The Hall–Kier alpha value is -0.500. The van der Waals surface area contributed by atoms with Gasteiger partial charge in [-0.3, -0.25) is 0 Å².